The van der Waals surface area contributed by atoms with Crippen LogP contribution in [0.1, 0.15) is 77.3 Å². The summed E-state index contributed by atoms with van der Waals surface area (Å²) in [5.74, 6) is 0.478. The number of carbonyl (C=O) groups excluding carboxylic acids is 1. The molecule has 0 radical (unpaired) electrons. The standard InChI is InChI=1S/C31H33N3O5/c1-18-4-2-3-5-25(18)28-26(29(39-32-28)19-6-7-19)17-38-24-15-22-9-10-23(16-24)34(22)31(37)33-13-12-20-14-21(30(35)36)8-11-27(20)33/h2-5,8,11,14,19,22-24H,6-7,9-10,12-13,15-17H2,1H3,(H,35,36). The molecule has 3 fully saturated rings. The zero-order chi connectivity index (χ0) is 26.7. The topological polar surface area (TPSA) is 96.1 Å². The summed E-state index contributed by atoms with van der Waals surface area (Å²) in [5.41, 5.74) is 6.27. The van der Waals surface area contributed by atoms with Crippen molar-refractivity contribution < 1.29 is 24.0 Å². The van der Waals surface area contributed by atoms with Crippen LogP contribution >= 0.6 is 0 Å². The first-order valence-electron chi connectivity index (χ1n) is 14.1. The average molecular weight is 528 g/mol. The lowest BCUT2D eigenvalue weighted by atomic mass is 9.99. The van der Waals surface area contributed by atoms with E-state index in [0.717, 1.165) is 72.4 Å². The Morgan fingerprint density at radius 2 is 1.85 bits per heavy atom. The molecule has 2 aromatic carbocycles. The van der Waals surface area contributed by atoms with Crippen molar-refractivity contribution in [2.45, 2.75) is 82.6 Å². The average Bonchev–Trinajstić information content (AvgIpc) is 3.45. The molecule has 2 saturated heterocycles. The molecule has 1 aromatic heterocycles. The number of hydrogen-bond donors (Lipinski definition) is 1. The first-order valence-corrected chi connectivity index (χ1v) is 14.1. The van der Waals surface area contributed by atoms with Crippen LogP contribution in [0.25, 0.3) is 11.3 Å². The van der Waals surface area contributed by atoms with Gasteiger partial charge in [0.05, 0.1) is 18.3 Å². The van der Waals surface area contributed by atoms with Crippen molar-refractivity contribution in [1.82, 2.24) is 10.1 Å². The van der Waals surface area contributed by atoms with E-state index in [1.807, 2.05) is 17.0 Å². The maximum absolute atomic E-state index is 13.7. The van der Waals surface area contributed by atoms with Crippen LogP contribution in [0.4, 0.5) is 10.5 Å². The molecule has 0 spiro atoms. The fraction of sp³-hybridized carbons (Fsp3) is 0.452. The van der Waals surface area contributed by atoms with E-state index < -0.39 is 5.97 Å². The van der Waals surface area contributed by atoms with Crippen LogP contribution < -0.4 is 4.90 Å². The zero-order valence-electron chi connectivity index (χ0n) is 22.1. The van der Waals surface area contributed by atoms with Crippen molar-refractivity contribution in [3.8, 4) is 11.3 Å². The van der Waals surface area contributed by atoms with Gasteiger partial charge in [-0.05, 0) is 81.2 Å². The Labute approximate surface area is 227 Å². The van der Waals surface area contributed by atoms with Gasteiger partial charge in [-0.2, -0.15) is 0 Å². The summed E-state index contributed by atoms with van der Waals surface area (Å²) in [6.45, 7) is 3.16. The molecular weight excluding hydrogens is 494 g/mol. The normalized spacial score (nSPS) is 23.8. The molecular formula is C31H33N3O5. The number of hydrogen-bond acceptors (Lipinski definition) is 5. The second kappa shape index (κ2) is 9.52. The predicted molar refractivity (Wildman–Crippen MR) is 145 cm³/mol. The minimum Gasteiger partial charge on any atom is -0.478 e. The second-order valence-corrected chi connectivity index (χ2v) is 11.5. The van der Waals surface area contributed by atoms with E-state index in [1.165, 1.54) is 5.56 Å². The molecule has 1 N–H and O–H groups in total. The number of carbonyl (C=O) groups is 2. The molecule has 4 heterocycles. The first kappa shape index (κ1) is 24.4. The molecule has 202 valence electrons. The number of anilines is 1. The highest BCUT2D eigenvalue weighted by molar-refractivity contribution is 5.96. The Bertz CT molecular complexity index is 1430. The first-order chi connectivity index (χ1) is 19.0. The van der Waals surface area contributed by atoms with Gasteiger partial charge in [0.2, 0.25) is 0 Å². The highest BCUT2D eigenvalue weighted by atomic mass is 16.5. The van der Waals surface area contributed by atoms with Crippen LogP contribution in [0.3, 0.4) is 0 Å². The minimum atomic E-state index is -0.941. The second-order valence-electron chi connectivity index (χ2n) is 11.5. The molecule has 1 saturated carbocycles. The Hall–Kier alpha value is -3.65. The number of urea groups is 1. The Kier molecular flexibility index (Phi) is 5.95. The maximum Gasteiger partial charge on any atom is 0.335 e. The van der Waals surface area contributed by atoms with Gasteiger partial charge < -0.3 is 19.3 Å². The van der Waals surface area contributed by atoms with Crippen molar-refractivity contribution in [1.29, 1.82) is 0 Å². The van der Waals surface area contributed by atoms with Crippen LogP contribution in [0.15, 0.2) is 47.0 Å². The van der Waals surface area contributed by atoms with E-state index in [9.17, 15) is 14.7 Å². The highest BCUT2D eigenvalue weighted by Crippen LogP contribution is 2.45. The zero-order valence-corrected chi connectivity index (χ0v) is 22.1. The number of amides is 2. The van der Waals surface area contributed by atoms with Gasteiger partial charge in [0.1, 0.15) is 11.5 Å². The van der Waals surface area contributed by atoms with Crippen LogP contribution in [0.2, 0.25) is 0 Å². The monoisotopic (exact) mass is 527 g/mol. The van der Waals surface area contributed by atoms with Crippen molar-refractivity contribution in [2.24, 2.45) is 0 Å². The number of piperidine rings is 1. The third-order valence-electron chi connectivity index (χ3n) is 8.99. The summed E-state index contributed by atoms with van der Waals surface area (Å²) in [7, 11) is 0. The molecule has 8 heteroatoms. The van der Waals surface area contributed by atoms with Gasteiger partial charge in [-0.15, -0.1) is 0 Å². The number of carboxylic acids is 1. The fourth-order valence-electron chi connectivity index (χ4n) is 6.83. The summed E-state index contributed by atoms with van der Waals surface area (Å²) in [4.78, 5) is 29.0. The van der Waals surface area contributed by atoms with E-state index in [-0.39, 0.29) is 29.8 Å². The molecule has 3 aliphatic heterocycles. The maximum atomic E-state index is 13.7. The van der Waals surface area contributed by atoms with Crippen molar-refractivity contribution in [3.63, 3.8) is 0 Å². The van der Waals surface area contributed by atoms with Gasteiger partial charge in [-0.3, -0.25) is 4.90 Å². The number of fused-ring (bicyclic) bond motifs is 3. The Morgan fingerprint density at radius 1 is 1.08 bits per heavy atom. The summed E-state index contributed by atoms with van der Waals surface area (Å²) >= 11 is 0. The molecule has 2 amide bonds. The number of rotatable bonds is 6. The smallest absolute Gasteiger partial charge is 0.335 e. The predicted octanol–water partition coefficient (Wildman–Crippen LogP) is 5.92. The van der Waals surface area contributed by atoms with Gasteiger partial charge in [-0.1, -0.05) is 29.4 Å². The summed E-state index contributed by atoms with van der Waals surface area (Å²) < 4.78 is 12.4. The van der Waals surface area contributed by atoms with Gasteiger partial charge in [0.25, 0.3) is 0 Å². The number of ether oxygens (including phenoxy) is 1. The molecule has 8 nitrogen and oxygen atoms in total. The SMILES string of the molecule is Cc1ccccc1-c1noc(C2CC2)c1COC1CC2CCC(C1)N2C(=O)N1CCc2cc(C(=O)O)ccc21. The van der Waals surface area contributed by atoms with E-state index in [4.69, 9.17) is 9.26 Å². The highest BCUT2D eigenvalue weighted by Gasteiger charge is 2.46. The lowest BCUT2D eigenvalue weighted by molar-refractivity contribution is -0.0164. The Balaban J connectivity index is 1.05. The van der Waals surface area contributed by atoms with E-state index in [1.54, 1.807) is 18.2 Å². The van der Waals surface area contributed by atoms with Gasteiger partial charge >= 0.3 is 12.0 Å². The van der Waals surface area contributed by atoms with E-state index in [0.29, 0.717) is 25.5 Å². The number of carboxylic acid groups (broad SMARTS) is 1. The van der Waals surface area contributed by atoms with E-state index in [2.05, 4.69) is 29.1 Å². The van der Waals surface area contributed by atoms with Crippen molar-refractivity contribution in [2.75, 3.05) is 11.4 Å². The lowest BCUT2D eigenvalue weighted by Gasteiger charge is -2.40. The number of nitrogens with zero attached hydrogens (tertiary/aromatic N) is 3. The van der Waals surface area contributed by atoms with Gasteiger partial charge in [0.15, 0.2) is 0 Å². The minimum absolute atomic E-state index is 0.0414. The molecule has 1 aliphatic carbocycles. The molecule has 2 bridgehead atoms. The number of aromatic carboxylic acids is 1. The largest absolute Gasteiger partial charge is 0.478 e. The van der Waals surface area contributed by atoms with Crippen molar-refractivity contribution >= 4 is 17.7 Å². The molecule has 39 heavy (non-hydrogen) atoms. The van der Waals surface area contributed by atoms with Crippen LogP contribution in [0.5, 0.6) is 0 Å². The number of aryl methyl sites for hydroxylation is 1. The lowest BCUT2D eigenvalue weighted by Crippen LogP contribution is -2.53. The molecule has 2 unspecified atom stereocenters. The molecule has 4 aliphatic rings. The summed E-state index contributed by atoms with van der Waals surface area (Å²) in [5, 5.41) is 13.8. The van der Waals surface area contributed by atoms with Crippen molar-refractivity contribution in [3.05, 3.63) is 70.5 Å². The van der Waals surface area contributed by atoms with Gasteiger partial charge in [0, 0.05) is 41.4 Å². The van der Waals surface area contributed by atoms with Crippen LogP contribution in [0, 0.1) is 6.92 Å². The van der Waals surface area contributed by atoms with Crippen LogP contribution in [-0.4, -0.2) is 51.9 Å². The molecule has 3 aromatic rings. The Morgan fingerprint density at radius 3 is 2.56 bits per heavy atom. The summed E-state index contributed by atoms with van der Waals surface area (Å²) in [6.07, 6.45) is 6.67. The van der Waals surface area contributed by atoms with E-state index >= 15 is 0 Å². The molecule has 7 rings (SSSR count). The number of aromatic nitrogens is 1. The summed E-state index contributed by atoms with van der Waals surface area (Å²) in [6, 6.07) is 13.7. The number of benzene rings is 2. The fourth-order valence-corrected chi connectivity index (χ4v) is 6.83. The molecule has 2 atom stereocenters. The third-order valence-corrected chi connectivity index (χ3v) is 8.99. The third kappa shape index (κ3) is 4.31. The van der Waals surface area contributed by atoms with Crippen LogP contribution in [-0.2, 0) is 17.8 Å². The quantitative estimate of drug-likeness (QED) is 0.428. The van der Waals surface area contributed by atoms with Gasteiger partial charge in [-0.25, -0.2) is 9.59 Å².